The Labute approximate surface area is 163 Å². The average Bonchev–Trinajstić information content (AvgIpc) is 3.34. The van der Waals surface area contributed by atoms with Crippen LogP contribution in [0.5, 0.6) is 0 Å². The van der Waals surface area contributed by atoms with Gasteiger partial charge in [-0.25, -0.2) is 4.68 Å². The molecular weight excluding hydrogens is 420 g/mol. The van der Waals surface area contributed by atoms with E-state index in [4.69, 9.17) is 0 Å². The van der Waals surface area contributed by atoms with Crippen molar-refractivity contribution in [1.29, 1.82) is 0 Å². The predicted octanol–water partition coefficient (Wildman–Crippen LogP) is 3.31. The number of carbonyl (C=O) groups is 2. The molecule has 13 heteroatoms. The average molecular weight is 431 g/mol. The number of aromatic nitrogens is 3. The summed E-state index contributed by atoms with van der Waals surface area (Å²) in [6.07, 6.45) is -7.97. The number of aromatic amines is 1. The van der Waals surface area contributed by atoms with Crippen molar-refractivity contribution in [2.24, 2.45) is 0 Å². The molecule has 0 unspecified atom stereocenters. The summed E-state index contributed by atoms with van der Waals surface area (Å²) in [4.78, 5) is 26.5. The summed E-state index contributed by atoms with van der Waals surface area (Å²) >= 11 is 0. The summed E-state index contributed by atoms with van der Waals surface area (Å²) in [5.41, 5.74) is -0.575. The quantitative estimate of drug-likeness (QED) is 0.439. The first kappa shape index (κ1) is 21.0. The van der Waals surface area contributed by atoms with E-state index in [-0.39, 0.29) is 10.4 Å². The zero-order chi connectivity index (χ0) is 22.1. The molecule has 3 N–H and O–H groups in total. The molecule has 0 fully saturated rings. The third kappa shape index (κ3) is 4.29. The molecule has 0 spiro atoms. The van der Waals surface area contributed by atoms with E-state index in [1.807, 2.05) is 10.9 Å². The van der Waals surface area contributed by atoms with Gasteiger partial charge in [0.25, 0.3) is 11.8 Å². The molecule has 0 radical (unpaired) electrons. The normalized spacial score (nSPS) is 11.9. The Morgan fingerprint density at radius 3 is 2.23 bits per heavy atom. The van der Waals surface area contributed by atoms with E-state index in [1.165, 1.54) is 18.3 Å². The molecule has 0 aliphatic heterocycles. The second kappa shape index (κ2) is 7.57. The van der Waals surface area contributed by atoms with Crippen LogP contribution in [-0.4, -0.2) is 26.6 Å². The SMILES string of the molecule is O=C(NNC(=O)c1cnn(-c2cccc(C(F)(F)F)c2)c1C(F)(F)F)c1ccc[nH]1. The number of H-pyrrole nitrogens is 1. The number of hydrazine groups is 1. The van der Waals surface area contributed by atoms with E-state index in [0.29, 0.717) is 18.3 Å². The van der Waals surface area contributed by atoms with Gasteiger partial charge in [0, 0.05) is 6.20 Å². The Morgan fingerprint density at radius 2 is 1.63 bits per heavy atom. The molecule has 3 aromatic rings. The first-order chi connectivity index (χ1) is 14.0. The molecule has 0 aliphatic carbocycles. The number of amides is 2. The third-order valence-corrected chi connectivity index (χ3v) is 3.83. The van der Waals surface area contributed by atoms with Crippen LogP contribution in [0.3, 0.4) is 0 Å². The number of nitrogens with one attached hydrogen (secondary N) is 3. The van der Waals surface area contributed by atoms with E-state index in [0.717, 1.165) is 12.1 Å². The molecule has 0 atom stereocenters. The minimum Gasteiger partial charge on any atom is -0.357 e. The van der Waals surface area contributed by atoms with E-state index < -0.39 is 46.7 Å². The van der Waals surface area contributed by atoms with Crippen molar-refractivity contribution in [2.75, 3.05) is 0 Å². The highest BCUT2D eigenvalue weighted by molar-refractivity contribution is 5.99. The van der Waals surface area contributed by atoms with Crippen molar-refractivity contribution in [1.82, 2.24) is 25.6 Å². The van der Waals surface area contributed by atoms with Gasteiger partial charge < -0.3 is 4.98 Å². The summed E-state index contributed by atoms with van der Waals surface area (Å²) in [5, 5.41) is 3.42. The van der Waals surface area contributed by atoms with E-state index >= 15 is 0 Å². The number of carbonyl (C=O) groups excluding carboxylic acids is 2. The van der Waals surface area contributed by atoms with E-state index in [1.54, 1.807) is 0 Å². The third-order valence-electron chi connectivity index (χ3n) is 3.83. The van der Waals surface area contributed by atoms with Crippen LogP contribution in [-0.2, 0) is 12.4 Å². The van der Waals surface area contributed by atoms with Gasteiger partial charge in [-0.3, -0.25) is 20.4 Å². The van der Waals surface area contributed by atoms with Crippen molar-refractivity contribution in [3.8, 4) is 5.69 Å². The van der Waals surface area contributed by atoms with Crippen molar-refractivity contribution in [2.45, 2.75) is 12.4 Å². The molecule has 3 rings (SSSR count). The zero-order valence-electron chi connectivity index (χ0n) is 14.6. The highest BCUT2D eigenvalue weighted by Crippen LogP contribution is 2.35. The number of alkyl halides is 6. The molecule has 0 aliphatic rings. The zero-order valence-corrected chi connectivity index (χ0v) is 14.6. The lowest BCUT2D eigenvalue weighted by atomic mass is 10.1. The molecule has 0 bridgehead atoms. The summed E-state index contributed by atoms with van der Waals surface area (Å²) in [7, 11) is 0. The molecule has 0 saturated carbocycles. The van der Waals surface area contributed by atoms with Crippen LogP contribution >= 0.6 is 0 Å². The van der Waals surface area contributed by atoms with Crippen LogP contribution in [0.1, 0.15) is 32.1 Å². The van der Waals surface area contributed by atoms with Gasteiger partial charge >= 0.3 is 12.4 Å². The number of hydrogen-bond acceptors (Lipinski definition) is 3. The monoisotopic (exact) mass is 431 g/mol. The Hall–Kier alpha value is -3.77. The topological polar surface area (TPSA) is 91.8 Å². The fourth-order valence-electron chi connectivity index (χ4n) is 2.52. The van der Waals surface area contributed by atoms with Gasteiger partial charge in [-0.2, -0.15) is 31.4 Å². The number of halogens is 6. The lowest BCUT2D eigenvalue weighted by Gasteiger charge is -2.14. The molecular formula is C17H11F6N5O2. The Kier molecular flexibility index (Phi) is 5.29. The van der Waals surface area contributed by atoms with Crippen molar-refractivity contribution in [3.63, 3.8) is 0 Å². The number of hydrogen-bond donors (Lipinski definition) is 3. The maximum absolute atomic E-state index is 13.6. The van der Waals surface area contributed by atoms with Crippen LogP contribution in [0.2, 0.25) is 0 Å². The molecule has 158 valence electrons. The number of rotatable bonds is 3. The fourth-order valence-corrected chi connectivity index (χ4v) is 2.52. The second-order valence-electron chi connectivity index (χ2n) is 5.86. The van der Waals surface area contributed by atoms with E-state index in [9.17, 15) is 35.9 Å². The van der Waals surface area contributed by atoms with Gasteiger partial charge in [-0.05, 0) is 30.3 Å². The van der Waals surface area contributed by atoms with Crippen molar-refractivity contribution < 1.29 is 35.9 Å². The van der Waals surface area contributed by atoms with Crippen LogP contribution < -0.4 is 10.9 Å². The van der Waals surface area contributed by atoms with Gasteiger partial charge in [0.05, 0.1) is 23.0 Å². The summed E-state index contributed by atoms with van der Waals surface area (Å²) in [5.74, 6) is -2.19. The molecule has 2 aromatic heterocycles. The van der Waals surface area contributed by atoms with Crippen LogP contribution in [0, 0.1) is 0 Å². The van der Waals surface area contributed by atoms with Crippen molar-refractivity contribution >= 4 is 11.8 Å². The Bertz CT molecular complexity index is 1070. The molecule has 0 saturated heterocycles. The van der Waals surface area contributed by atoms with Crippen LogP contribution in [0.4, 0.5) is 26.3 Å². The number of nitrogens with zero attached hydrogens (tertiary/aromatic N) is 2. The lowest BCUT2D eigenvalue weighted by molar-refractivity contribution is -0.143. The first-order valence-corrected chi connectivity index (χ1v) is 8.05. The second-order valence-corrected chi connectivity index (χ2v) is 5.86. The first-order valence-electron chi connectivity index (χ1n) is 8.05. The van der Waals surface area contributed by atoms with Crippen LogP contribution in [0.25, 0.3) is 5.69 Å². The molecule has 2 heterocycles. The standard InChI is InChI=1S/C17H11F6N5O2/c18-16(19,20)9-3-1-4-10(7-9)28-13(17(21,22)23)11(8-25-28)14(29)26-27-15(30)12-5-2-6-24-12/h1-8,24H,(H,26,29)(H,27,30). The summed E-state index contributed by atoms with van der Waals surface area (Å²) in [6.45, 7) is 0. The smallest absolute Gasteiger partial charge is 0.357 e. The van der Waals surface area contributed by atoms with Crippen molar-refractivity contribution in [3.05, 3.63) is 71.3 Å². The molecule has 7 nitrogen and oxygen atoms in total. The van der Waals surface area contributed by atoms with E-state index in [2.05, 4.69) is 10.1 Å². The van der Waals surface area contributed by atoms with Gasteiger partial charge in [0.2, 0.25) is 0 Å². The lowest BCUT2D eigenvalue weighted by Crippen LogP contribution is -2.42. The minimum absolute atomic E-state index is 0.0333. The molecule has 30 heavy (non-hydrogen) atoms. The maximum Gasteiger partial charge on any atom is 0.434 e. The maximum atomic E-state index is 13.6. The van der Waals surface area contributed by atoms with Crippen LogP contribution in [0.15, 0.2) is 48.8 Å². The Balaban J connectivity index is 1.93. The highest BCUT2D eigenvalue weighted by atomic mass is 19.4. The summed E-state index contributed by atoms with van der Waals surface area (Å²) < 4.78 is 79.6. The number of benzene rings is 1. The predicted molar refractivity (Wildman–Crippen MR) is 89.3 cm³/mol. The molecule has 2 amide bonds. The summed E-state index contributed by atoms with van der Waals surface area (Å²) in [6, 6.07) is 5.88. The molecule has 1 aromatic carbocycles. The van der Waals surface area contributed by atoms with Gasteiger partial charge in [0.1, 0.15) is 5.69 Å². The highest BCUT2D eigenvalue weighted by Gasteiger charge is 2.41. The van der Waals surface area contributed by atoms with Gasteiger partial charge in [0.15, 0.2) is 5.69 Å². The minimum atomic E-state index is -5.14. The van der Waals surface area contributed by atoms with Gasteiger partial charge in [-0.15, -0.1) is 0 Å². The Morgan fingerprint density at radius 1 is 0.933 bits per heavy atom. The largest absolute Gasteiger partial charge is 0.434 e. The fraction of sp³-hybridized carbons (Fsp3) is 0.118. The van der Waals surface area contributed by atoms with Gasteiger partial charge in [-0.1, -0.05) is 6.07 Å².